The molecule has 0 aromatic rings. The van der Waals surface area contributed by atoms with Crippen molar-refractivity contribution >= 4 is 0 Å². The molecule has 0 saturated carbocycles. The summed E-state index contributed by atoms with van der Waals surface area (Å²) in [6, 6.07) is 0.588. The molecule has 0 saturated heterocycles. The summed E-state index contributed by atoms with van der Waals surface area (Å²) in [7, 11) is 6.60. The molecular weight excluding hydrogens is 289 g/mol. The van der Waals surface area contributed by atoms with Crippen molar-refractivity contribution in [3.05, 3.63) is 24.3 Å². The molecule has 0 bridgehead atoms. The molecule has 1 nitrogen and oxygen atoms in total. The maximum absolute atomic E-state index is 2.22. The van der Waals surface area contributed by atoms with Gasteiger partial charge < -0.3 is 4.48 Å². The smallest absolute Gasteiger partial charge is 0.322 e. The molecule has 50 valence electrons. The normalized spacial score (nSPS) is 17.5. The fraction of sp³-hybridized carbons (Fsp3) is 0.500. The minimum atomic E-state index is 0. The van der Waals surface area contributed by atoms with Gasteiger partial charge in [0.05, 0.1) is 21.1 Å². The molecule has 0 aromatic carbocycles. The average Bonchev–Trinajstić information content (AvgIpc) is 2.08. The molecule has 1 aliphatic carbocycles. The van der Waals surface area contributed by atoms with E-state index in [9.17, 15) is 0 Å². The van der Waals surface area contributed by atoms with E-state index < -0.39 is 0 Å². The van der Waals surface area contributed by atoms with Crippen molar-refractivity contribution in [2.75, 3.05) is 21.1 Å². The predicted molar refractivity (Wildman–Crippen MR) is 40.1 cm³/mol. The molecule has 0 atom stereocenters. The van der Waals surface area contributed by atoms with Crippen LogP contribution >= 0.6 is 0 Å². The fourth-order valence-electron chi connectivity index (χ4n) is 0.937. The average molecular weight is 303 g/mol. The van der Waals surface area contributed by atoms with Crippen LogP contribution in [0.25, 0.3) is 0 Å². The second kappa shape index (κ2) is 3.63. The zero-order chi connectivity index (χ0) is 6.91. The molecule has 0 amide bonds. The monoisotopic (exact) mass is 304 g/mol. The van der Waals surface area contributed by atoms with Crippen molar-refractivity contribution < 1.29 is 30.3 Å². The van der Waals surface area contributed by atoms with Crippen LogP contribution in [-0.4, -0.2) is 31.7 Å². The Hall–Kier alpha value is 0.310. The van der Waals surface area contributed by atoms with Gasteiger partial charge in [-0.3, -0.25) is 0 Å². The number of hydrogen-bond donors (Lipinski definition) is 0. The summed E-state index contributed by atoms with van der Waals surface area (Å²) in [5, 5.41) is 0. The fourth-order valence-corrected chi connectivity index (χ4v) is 0.937. The van der Waals surface area contributed by atoms with Gasteiger partial charge in [-0.25, -0.2) is 0 Å². The van der Waals surface area contributed by atoms with Crippen LogP contribution in [0, 0.1) is 0 Å². The van der Waals surface area contributed by atoms with E-state index in [1.807, 2.05) is 0 Å². The van der Waals surface area contributed by atoms with Crippen molar-refractivity contribution in [3.63, 3.8) is 0 Å². The van der Waals surface area contributed by atoms with Crippen molar-refractivity contribution in [2.45, 2.75) is 6.04 Å². The Balaban J connectivity index is 0.000000810. The molecule has 0 aliphatic heterocycles. The van der Waals surface area contributed by atoms with Crippen LogP contribution in [0.1, 0.15) is 0 Å². The zero-order valence-electron chi connectivity index (χ0n) is 6.83. The Morgan fingerprint density at radius 2 is 1.40 bits per heavy atom. The van der Waals surface area contributed by atoms with Crippen LogP contribution in [0.3, 0.4) is 0 Å². The van der Waals surface area contributed by atoms with E-state index in [0.29, 0.717) is 6.04 Å². The SMILES string of the molecule is C[N+](C)(C)C1C=CC=C1.[Hf+4]. The van der Waals surface area contributed by atoms with Crippen molar-refractivity contribution in [3.8, 4) is 0 Å². The first-order valence-corrected chi connectivity index (χ1v) is 3.27. The van der Waals surface area contributed by atoms with Crippen LogP contribution in [0.4, 0.5) is 0 Å². The van der Waals surface area contributed by atoms with Crippen molar-refractivity contribution in [1.82, 2.24) is 0 Å². The second-order valence-electron chi connectivity index (χ2n) is 3.38. The van der Waals surface area contributed by atoms with Gasteiger partial charge in [-0.15, -0.1) is 0 Å². The molecule has 2 heteroatoms. The number of nitrogens with zero attached hydrogens (tertiary/aromatic N) is 1. The maximum atomic E-state index is 2.22. The molecule has 0 unspecified atom stereocenters. The van der Waals surface area contributed by atoms with Crippen LogP contribution in [-0.2, 0) is 25.8 Å². The first kappa shape index (κ1) is 10.3. The third kappa shape index (κ3) is 2.51. The van der Waals surface area contributed by atoms with Gasteiger partial charge in [0, 0.05) is 0 Å². The Labute approximate surface area is 81.8 Å². The summed E-state index contributed by atoms with van der Waals surface area (Å²) in [4.78, 5) is 0. The van der Waals surface area contributed by atoms with E-state index >= 15 is 0 Å². The molecule has 0 aromatic heterocycles. The van der Waals surface area contributed by atoms with Crippen LogP contribution in [0.2, 0.25) is 0 Å². The summed E-state index contributed by atoms with van der Waals surface area (Å²) >= 11 is 0. The van der Waals surface area contributed by atoms with Gasteiger partial charge in [0.15, 0.2) is 0 Å². The number of hydrogen-bond acceptors (Lipinski definition) is 0. The molecule has 10 heavy (non-hydrogen) atoms. The zero-order valence-corrected chi connectivity index (χ0v) is 10.4. The van der Waals surface area contributed by atoms with E-state index in [4.69, 9.17) is 0 Å². The largest absolute Gasteiger partial charge is 4.00 e. The first-order chi connectivity index (χ1) is 4.11. The maximum Gasteiger partial charge on any atom is 4.00 e. The third-order valence-electron chi connectivity index (χ3n) is 1.62. The van der Waals surface area contributed by atoms with E-state index in [1.54, 1.807) is 0 Å². The number of likely N-dealkylation sites (N-methyl/N-ethyl adjacent to an activating group) is 1. The van der Waals surface area contributed by atoms with E-state index in [1.165, 1.54) is 0 Å². The number of quaternary nitrogens is 1. The summed E-state index contributed by atoms with van der Waals surface area (Å²) in [6.07, 6.45) is 8.66. The van der Waals surface area contributed by atoms with Crippen LogP contribution in [0.15, 0.2) is 24.3 Å². The molecule has 1 aliphatic rings. The van der Waals surface area contributed by atoms with Gasteiger partial charge in [0.25, 0.3) is 0 Å². The summed E-state index contributed by atoms with van der Waals surface area (Å²) in [5.74, 6) is 0. The van der Waals surface area contributed by atoms with Gasteiger partial charge >= 0.3 is 25.8 Å². The quantitative estimate of drug-likeness (QED) is 0.504. The molecule has 1 rings (SSSR count). The molecule has 0 fully saturated rings. The minimum Gasteiger partial charge on any atom is -0.322 e. The predicted octanol–water partition coefficient (Wildman–Crippen LogP) is 1.18. The van der Waals surface area contributed by atoms with Gasteiger partial charge in [-0.1, -0.05) is 12.2 Å². The summed E-state index contributed by atoms with van der Waals surface area (Å²) in [6.45, 7) is 0. The molecular formula is C8H14HfN+5. The van der Waals surface area contributed by atoms with Crippen LogP contribution in [0.5, 0.6) is 0 Å². The Morgan fingerprint density at radius 1 is 1.00 bits per heavy atom. The standard InChI is InChI=1S/C8H14N.Hf/c1-9(2,3)8-6-4-5-7-8;/h4-8H,1-3H3;/q+1;+4. The Bertz CT molecular complexity index is 141. The van der Waals surface area contributed by atoms with Gasteiger partial charge in [-0.2, -0.15) is 0 Å². The van der Waals surface area contributed by atoms with Crippen molar-refractivity contribution in [2.24, 2.45) is 0 Å². The second-order valence-corrected chi connectivity index (χ2v) is 3.38. The molecule has 0 heterocycles. The van der Waals surface area contributed by atoms with E-state index in [2.05, 4.69) is 45.4 Å². The first-order valence-electron chi connectivity index (χ1n) is 3.27. The number of rotatable bonds is 1. The minimum absolute atomic E-state index is 0. The molecule has 0 spiro atoms. The molecule has 0 N–H and O–H groups in total. The topological polar surface area (TPSA) is 0 Å². The van der Waals surface area contributed by atoms with E-state index in [-0.39, 0.29) is 25.8 Å². The third-order valence-corrected chi connectivity index (χ3v) is 1.62. The summed E-state index contributed by atoms with van der Waals surface area (Å²) < 4.78 is 0.993. The van der Waals surface area contributed by atoms with Gasteiger partial charge in [0.1, 0.15) is 6.04 Å². The number of allylic oxidation sites excluding steroid dienone is 2. The molecule has 0 radical (unpaired) electrons. The van der Waals surface area contributed by atoms with Crippen LogP contribution < -0.4 is 0 Å². The van der Waals surface area contributed by atoms with Crippen molar-refractivity contribution in [1.29, 1.82) is 0 Å². The van der Waals surface area contributed by atoms with Gasteiger partial charge in [-0.05, 0) is 12.2 Å². The summed E-state index contributed by atoms with van der Waals surface area (Å²) in [5.41, 5.74) is 0. The Morgan fingerprint density at radius 3 is 1.60 bits per heavy atom. The van der Waals surface area contributed by atoms with E-state index in [0.717, 1.165) is 4.48 Å². The Kier molecular flexibility index (Phi) is 3.74. The van der Waals surface area contributed by atoms with Gasteiger partial charge in [0.2, 0.25) is 0 Å².